The molecule has 0 aliphatic carbocycles. The van der Waals surface area contributed by atoms with Gasteiger partial charge in [0.05, 0.1) is 16.6 Å². The van der Waals surface area contributed by atoms with Crippen LogP contribution in [0.3, 0.4) is 0 Å². The van der Waals surface area contributed by atoms with E-state index in [2.05, 4.69) is 25.9 Å². The van der Waals surface area contributed by atoms with Crippen LogP contribution in [0.15, 0.2) is 53.4 Å². The number of hydrogen-bond acceptors (Lipinski definition) is 5. The predicted molar refractivity (Wildman–Crippen MR) is 118 cm³/mol. The monoisotopic (exact) mass is 421 g/mol. The summed E-state index contributed by atoms with van der Waals surface area (Å²) in [5.41, 5.74) is 4.43. The SMILES string of the molecule is Cc1ccc2nc(N3CCN(S(=O)(=O)c4cccc5ccc(C)nc45)CC3)[nH]c2c1. The number of aryl methyl sites for hydroxylation is 2. The topological polar surface area (TPSA) is 82.2 Å². The van der Waals surface area contributed by atoms with E-state index in [0.29, 0.717) is 31.7 Å². The summed E-state index contributed by atoms with van der Waals surface area (Å²) in [6, 6.07) is 15.2. The second kappa shape index (κ2) is 7.07. The van der Waals surface area contributed by atoms with Crippen molar-refractivity contribution < 1.29 is 8.42 Å². The van der Waals surface area contributed by atoms with E-state index < -0.39 is 10.0 Å². The Morgan fingerprint density at radius 2 is 1.73 bits per heavy atom. The van der Waals surface area contributed by atoms with Gasteiger partial charge in [0.1, 0.15) is 4.90 Å². The Hall–Kier alpha value is -2.97. The Labute approximate surface area is 175 Å². The molecule has 0 unspecified atom stereocenters. The third-order valence-corrected chi connectivity index (χ3v) is 7.53. The number of hydrogen-bond donors (Lipinski definition) is 1. The van der Waals surface area contributed by atoms with Crippen molar-refractivity contribution in [1.82, 2.24) is 19.3 Å². The standard InChI is InChI=1S/C22H23N5O2S/c1-15-6-9-18-19(14-15)25-22(24-18)26-10-12-27(13-11-26)30(28,29)20-5-3-4-17-8-7-16(2)23-21(17)20/h3-9,14H,10-13H2,1-2H3,(H,24,25). The average molecular weight is 422 g/mol. The van der Waals surface area contributed by atoms with Crippen LogP contribution in [0.5, 0.6) is 0 Å². The largest absolute Gasteiger partial charge is 0.340 e. The van der Waals surface area contributed by atoms with Gasteiger partial charge in [0, 0.05) is 37.3 Å². The predicted octanol–water partition coefficient (Wildman–Crippen LogP) is 3.24. The normalized spacial score (nSPS) is 15.9. The fraction of sp³-hybridized carbons (Fsp3) is 0.273. The molecule has 1 fully saturated rings. The number of nitrogens with one attached hydrogen (secondary N) is 1. The van der Waals surface area contributed by atoms with Crippen molar-refractivity contribution in [1.29, 1.82) is 0 Å². The van der Waals surface area contributed by atoms with Crippen molar-refractivity contribution in [3.8, 4) is 0 Å². The second-order valence-electron chi connectivity index (χ2n) is 7.75. The van der Waals surface area contributed by atoms with Crippen LogP contribution in [0.2, 0.25) is 0 Å². The van der Waals surface area contributed by atoms with Crippen molar-refractivity contribution >= 4 is 37.9 Å². The number of imidazole rings is 1. The van der Waals surface area contributed by atoms with E-state index in [1.165, 1.54) is 5.56 Å². The minimum absolute atomic E-state index is 0.274. The molecular weight excluding hydrogens is 398 g/mol. The van der Waals surface area contributed by atoms with E-state index in [4.69, 9.17) is 0 Å². The van der Waals surface area contributed by atoms with Crippen LogP contribution in [-0.4, -0.2) is 53.9 Å². The first-order chi connectivity index (χ1) is 14.4. The van der Waals surface area contributed by atoms with E-state index >= 15 is 0 Å². The number of nitrogens with zero attached hydrogens (tertiary/aromatic N) is 4. The Balaban J connectivity index is 1.40. The molecule has 154 valence electrons. The summed E-state index contributed by atoms with van der Waals surface area (Å²) in [5.74, 6) is 0.787. The highest BCUT2D eigenvalue weighted by Crippen LogP contribution is 2.26. The van der Waals surface area contributed by atoms with Crippen molar-refractivity contribution in [3.63, 3.8) is 0 Å². The molecule has 0 bridgehead atoms. The van der Waals surface area contributed by atoms with Crippen molar-refractivity contribution in [2.24, 2.45) is 0 Å². The molecule has 4 aromatic rings. The maximum absolute atomic E-state index is 13.4. The van der Waals surface area contributed by atoms with Crippen LogP contribution in [0.4, 0.5) is 5.95 Å². The number of benzene rings is 2. The lowest BCUT2D eigenvalue weighted by Gasteiger charge is -2.33. The van der Waals surface area contributed by atoms with Gasteiger partial charge in [-0.2, -0.15) is 4.31 Å². The van der Waals surface area contributed by atoms with Crippen LogP contribution in [0.25, 0.3) is 21.9 Å². The highest BCUT2D eigenvalue weighted by Gasteiger charge is 2.31. The van der Waals surface area contributed by atoms with Crippen molar-refractivity contribution in [3.05, 3.63) is 59.8 Å². The molecule has 1 aliphatic rings. The van der Waals surface area contributed by atoms with Gasteiger partial charge in [-0.25, -0.2) is 13.4 Å². The van der Waals surface area contributed by atoms with Gasteiger partial charge >= 0.3 is 0 Å². The molecule has 0 amide bonds. The maximum Gasteiger partial charge on any atom is 0.245 e. The van der Waals surface area contributed by atoms with E-state index in [0.717, 1.165) is 28.1 Å². The number of aromatic nitrogens is 3. The molecule has 30 heavy (non-hydrogen) atoms. The fourth-order valence-electron chi connectivity index (χ4n) is 3.96. The molecule has 0 radical (unpaired) electrons. The molecule has 7 nitrogen and oxygen atoms in total. The molecule has 2 aromatic heterocycles. The van der Waals surface area contributed by atoms with Crippen LogP contribution in [0, 0.1) is 13.8 Å². The van der Waals surface area contributed by atoms with Gasteiger partial charge in [-0.3, -0.25) is 4.98 Å². The van der Waals surface area contributed by atoms with Gasteiger partial charge in [-0.15, -0.1) is 0 Å². The van der Waals surface area contributed by atoms with Crippen LogP contribution >= 0.6 is 0 Å². The number of aromatic amines is 1. The summed E-state index contributed by atoms with van der Waals surface area (Å²) in [5, 5.41) is 0.831. The summed E-state index contributed by atoms with van der Waals surface area (Å²) >= 11 is 0. The summed E-state index contributed by atoms with van der Waals surface area (Å²) in [6.07, 6.45) is 0. The van der Waals surface area contributed by atoms with E-state index in [9.17, 15) is 8.42 Å². The van der Waals surface area contributed by atoms with Gasteiger partial charge in [0.15, 0.2) is 0 Å². The number of anilines is 1. The molecule has 8 heteroatoms. The van der Waals surface area contributed by atoms with E-state index in [1.807, 2.05) is 44.2 Å². The summed E-state index contributed by atoms with van der Waals surface area (Å²) in [7, 11) is -3.63. The van der Waals surface area contributed by atoms with E-state index in [1.54, 1.807) is 16.4 Å². The van der Waals surface area contributed by atoms with Crippen molar-refractivity contribution in [2.45, 2.75) is 18.7 Å². The lowest BCUT2D eigenvalue weighted by molar-refractivity contribution is 0.383. The third kappa shape index (κ3) is 3.22. The van der Waals surface area contributed by atoms with Gasteiger partial charge in [0.2, 0.25) is 16.0 Å². The number of rotatable bonds is 3. The molecule has 1 saturated heterocycles. The van der Waals surface area contributed by atoms with Gasteiger partial charge in [-0.1, -0.05) is 24.3 Å². The Bertz CT molecular complexity index is 1350. The van der Waals surface area contributed by atoms with Crippen LogP contribution in [0.1, 0.15) is 11.3 Å². The number of piperazine rings is 1. The molecule has 0 atom stereocenters. The zero-order valence-electron chi connectivity index (χ0n) is 17.0. The Kier molecular flexibility index (Phi) is 4.48. The van der Waals surface area contributed by atoms with Crippen molar-refractivity contribution in [2.75, 3.05) is 31.1 Å². The molecule has 3 heterocycles. The van der Waals surface area contributed by atoms with E-state index in [-0.39, 0.29) is 4.90 Å². The zero-order chi connectivity index (χ0) is 20.9. The molecule has 2 aromatic carbocycles. The number of sulfonamides is 1. The number of para-hydroxylation sites is 1. The molecule has 5 rings (SSSR count). The Morgan fingerprint density at radius 3 is 2.53 bits per heavy atom. The molecule has 0 spiro atoms. The smallest absolute Gasteiger partial charge is 0.245 e. The van der Waals surface area contributed by atoms with Crippen LogP contribution in [-0.2, 0) is 10.0 Å². The number of pyridine rings is 1. The second-order valence-corrected chi connectivity index (χ2v) is 9.66. The Morgan fingerprint density at radius 1 is 0.933 bits per heavy atom. The number of fused-ring (bicyclic) bond motifs is 2. The molecule has 0 saturated carbocycles. The lowest BCUT2D eigenvalue weighted by Crippen LogP contribution is -2.49. The maximum atomic E-state index is 13.4. The first kappa shape index (κ1) is 19.0. The minimum Gasteiger partial charge on any atom is -0.340 e. The molecule has 1 aliphatic heterocycles. The molecule has 1 N–H and O–H groups in total. The zero-order valence-corrected chi connectivity index (χ0v) is 17.8. The minimum atomic E-state index is -3.63. The molecular formula is C22H23N5O2S. The van der Waals surface area contributed by atoms with Crippen LogP contribution < -0.4 is 4.90 Å². The first-order valence-corrected chi connectivity index (χ1v) is 11.4. The summed E-state index contributed by atoms with van der Waals surface area (Å²) in [6.45, 7) is 5.88. The number of H-pyrrole nitrogens is 1. The fourth-order valence-corrected chi connectivity index (χ4v) is 5.55. The van der Waals surface area contributed by atoms with Gasteiger partial charge in [0.25, 0.3) is 0 Å². The third-order valence-electron chi connectivity index (χ3n) is 5.60. The lowest BCUT2D eigenvalue weighted by atomic mass is 10.2. The first-order valence-electron chi connectivity index (χ1n) is 10.00. The van der Waals surface area contributed by atoms with Gasteiger partial charge in [-0.05, 0) is 43.7 Å². The van der Waals surface area contributed by atoms with Gasteiger partial charge < -0.3 is 9.88 Å². The summed E-state index contributed by atoms with van der Waals surface area (Å²) in [4.78, 5) is 14.9. The summed E-state index contributed by atoms with van der Waals surface area (Å²) < 4.78 is 28.3. The highest BCUT2D eigenvalue weighted by molar-refractivity contribution is 7.89. The quantitative estimate of drug-likeness (QED) is 0.549. The average Bonchev–Trinajstić information content (AvgIpc) is 3.16. The highest BCUT2D eigenvalue weighted by atomic mass is 32.2.